The van der Waals surface area contributed by atoms with Gasteiger partial charge >= 0.3 is 29.6 Å². The summed E-state index contributed by atoms with van der Waals surface area (Å²) in [6.07, 6.45) is 4.80. The summed E-state index contributed by atoms with van der Waals surface area (Å²) >= 11 is 0. The van der Waals surface area contributed by atoms with Gasteiger partial charge in [-0.15, -0.1) is 0 Å². The van der Waals surface area contributed by atoms with Crippen LogP contribution in [0, 0.1) is 0 Å². The SMILES string of the molecule is CCN(CC(=O)[O-])C(=O)CCCCCCCC(C)F.[Na+]. The van der Waals surface area contributed by atoms with E-state index in [1.807, 2.05) is 0 Å². The van der Waals surface area contributed by atoms with Crippen molar-refractivity contribution in [3.05, 3.63) is 0 Å². The monoisotopic (exact) mass is 297 g/mol. The van der Waals surface area contributed by atoms with Gasteiger partial charge in [0.1, 0.15) is 0 Å². The molecule has 1 atom stereocenters. The van der Waals surface area contributed by atoms with Gasteiger partial charge in [-0.05, 0) is 26.7 Å². The molecule has 0 aromatic heterocycles. The Bertz CT molecular complexity index is 275. The maximum absolute atomic E-state index is 12.5. The number of likely N-dealkylation sites (N-methyl/N-ethyl adjacent to an activating group) is 1. The average molecular weight is 297 g/mol. The quantitative estimate of drug-likeness (QED) is 0.351. The molecule has 20 heavy (non-hydrogen) atoms. The molecule has 0 saturated carbocycles. The molecule has 1 amide bonds. The number of nitrogens with zero attached hydrogens (tertiary/aromatic N) is 1. The van der Waals surface area contributed by atoms with Crippen LogP contribution in [0.15, 0.2) is 0 Å². The van der Waals surface area contributed by atoms with Gasteiger partial charge in [0.05, 0.1) is 18.7 Å². The number of carbonyl (C=O) groups is 2. The minimum atomic E-state index is -1.23. The molecule has 6 heteroatoms. The van der Waals surface area contributed by atoms with Gasteiger partial charge in [-0.1, -0.05) is 25.7 Å². The van der Waals surface area contributed by atoms with Crippen LogP contribution < -0.4 is 34.7 Å². The van der Waals surface area contributed by atoms with Crippen molar-refractivity contribution in [1.82, 2.24) is 4.90 Å². The molecule has 0 aromatic carbocycles. The minimum absolute atomic E-state index is 0. The van der Waals surface area contributed by atoms with E-state index in [2.05, 4.69) is 0 Å². The van der Waals surface area contributed by atoms with Crippen LogP contribution in [0.25, 0.3) is 0 Å². The van der Waals surface area contributed by atoms with E-state index in [4.69, 9.17) is 0 Å². The van der Waals surface area contributed by atoms with E-state index in [0.717, 1.165) is 32.1 Å². The van der Waals surface area contributed by atoms with E-state index in [1.165, 1.54) is 4.90 Å². The second-order valence-corrected chi connectivity index (χ2v) is 4.87. The Hall–Kier alpha value is -0.130. The van der Waals surface area contributed by atoms with Crippen molar-refractivity contribution in [2.24, 2.45) is 0 Å². The van der Waals surface area contributed by atoms with Crippen molar-refractivity contribution in [3.63, 3.8) is 0 Å². The fraction of sp³-hybridized carbons (Fsp3) is 0.857. The average Bonchev–Trinajstić information content (AvgIpc) is 2.33. The first kappa shape index (κ1) is 22.2. The molecule has 0 fully saturated rings. The van der Waals surface area contributed by atoms with E-state index in [9.17, 15) is 19.1 Å². The van der Waals surface area contributed by atoms with Crippen molar-refractivity contribution >= 4 is 11.9 Å². The number of carboxylic acid groups (broad SMARTS) is 1. The summed E-state index contributed by atoms with van der Waals surface area (Å²) in [6.45, 7) is 3.37. The third kappa shape index (κ3) is 12.9. The number of aliphatic carboxylic acids is 1. The minimum Gasteiger partial charge on any atom is -0.548 e. The number of rotatable bonds is 11. The van der Waals surface area contributed by atoms with Gasteiger partial charge in [-0.25, -0.2) is 4.39 Å². The van der Waals surface area contributed by atoms with E-state index in [1.54, 1.807) is 13.8 Å². The van der Waals surface area contributed by atoms with Crippen molar-refractivity contribution in [1.29, 1.82) is 0 Å². The predicted octanol–water partition coefficient (Wildman–Crippen LogP) is -1.32. The molecular weight excluding hydrogens is 272 g/mol. The maximum atomic E-state index is 12.5. The largest absolute Gasteiger partial charge is 1.00 e. The second-order valence-electron chi connectivity index (χ2n) is 4.87. The van der Waals surface area contributed by atoms with Crippen LogP contribution in [0.4, 0.5) is 4.39 Å². The summed E-state index contributed by atoms with van der Waals surface area (Å²) in [7, 11) is 0. The Kier molecular flexibility index (Phi) is 15.3. The van der Waals surface area contributed by atoms with Crippen LogP contribution >= 0.6 is 0 Å². The number of hydrogen-bond acceptors (Lipinski definition) is 3. The van der Waals surface area contributed by atoms with E-state index >= 15 is 0 Å². The summed E-state index contributed by atoms with van der Waals surface area (Å²) in [6, 6.07) is 0. The molecule has 0 saturated heterocycles. The molecule has 0 radical (unpaired) electrons. The number of halogens is 1. The molecule has 1 unspecified atom stereocenters. The molecule has 0 aliphatic rings. The Labute approximate surface area is 143 Å². The fourth-order valence-electron chi connectivity index (χ4n) is 1.92. The molecule has 4 nitrogen and oxygen atoms in total. The molecule has 0 heterocycles. The first-order valence-corrected chi connectivity index (χ1v) is 7.09. The number of amides is 1. The van der Waals surface area contributed by atoms with E-state index < -0.39 is 12.1 Å². The van der Waals surface area contributed by atoms with Crippen molar-refractivity contribution in [2.75, 3.05) is 13.1 Å². The smallest absolute Gasteiger partial charge is 0.548 e. The van der Waals surface area contributed by atoms with Crippen molar-refractivity contribution < 1.29 is 48.6 Å². The summed E-state index contributed by atoms with van der Waals surface area (Å²) in [5.74, 6) is -1.36. The molecule has 0 aliphatic carbocycles. The topological polar surface area (TPSA) is 60.4 Å². The second kappa shape index (κ2) is 13.8. The number of carboxylic acids is 1. The number of carbonyl (C=O) groups excluding carboxylic acids is 2. The molecule has 0 N–H and O–H groups in total. The summed E-state index contributed by atoms with van der Waals surface area (Å²) in [5, 5.41) is 10.4. The molecule has 0 aliphatic heterocycles. The normalized spacial score (nSPS) is 11.6. The van der Waals surface area contributed by atoms with E-state index in [0.29, 0.717) is 19.4 Å². The molecule has 112 valence electrons. The van der Waals surface area contributed by atoms with Gasteiger partial charge in [-0.3, -0.25) is 4.79 Å². The van der Waals surface area contributed by atoms with Crippen LogP contribution in [0.3, 0.4) is 0 Å². The zero-order valence-corrected chi connectivity index (χ0v) is 15.0. The van der Waals surface area contributed by atoms with Crippen molar-refractivity contribution in [2.45, 2.75) is 65.0 Å². The van der Waals surface area contributed by atoms with Crippen LogP contribution in [0.5, 0.6) is 0 Å². The first-order chi connectivity index (χ1) is 8.97. The standard InChI is InChI=1S/C14H26FNO3.Na/c1-3-16(11-14(18)19)13(17)10-8-6-4-5-7-9-12(2)15;/h12H,3-11H2,1-2H3,(H,18,19);/q;+1/p-1. The Morgan fingerprint density at radius 1 is 1.15 bits per heavy atom. The van der Waals surface area contributed by atoms with Crippen LogP contribution in [-0.4, -0.2) is 36.0 Å². The molecule has 0 aromatic rings. The number of alkyl halides is 1. The zero-order valence-electron chi connectivity index (χ0n) is 13.0. The van der Waals surface area contributed by atoms with Crippen LogP contribution in [-0.2, 0) is 9.59 Å². The van der Waals surface area contributed by atoms with Crippen molar-refractivity contribution in [3.8, 4) is 0 Å². The van der Waals surface area contributed by atoms with Gasteiger partial charge in [-0.2, -0.15) is 0 Å². The van der Waals surface area contributed by atoms with Gasteiger partial charge in [0, 0.05) is 13.0 Å². The summed E-state index contributed by atoms with van der Waals surface area (Å²) < 4.78 is 12.5. The summed E-state index contributed by atoms with van der Waals surface area (Å²) in [4.78, 5) is 23.4. The van der Waals surface area contributed by atoms with E-state index in [-0.39, 0.29) is 42.0 Å². The first-order valence-electron chi connectivity index (χ1n) is 7.09. The van der Waals surface area contributed by atoms with Gasteiger partial charge in [0.2, 0.25) is 5.91 Å². The predicted molar refractivity (Wildman–Crippen MR) is 70.2 cm³/mol. The Morgan fingerprint density at radius 2 is 1.70 bits per heavy atom. The molecular formula is C14H25FNNaO3. The van der Waals surface area contributed by atoms with Gasteiger partial charge in [0.25, 0.3) is 0 Å². The van der Waals surface area contributed by atoms with Gasteiger partial charge < -0.3 is 14.8 Å². The number of unbranched alkanes of at least 4 members (excludes halogenated alkanes) is 4. The van der Waals surface area contributed by atoms with Crippen LogP contribution in [0.2, 0.25) is 0 Å². The molecule has 0 bridgehead atoms. The molecule has 0 spiro atoms. The molecule has 0 rings (SSSR count). The summed E-state index contributed by atoms with van der Waals surface area (Å²) in [5.41, 5.74) is 0. The number of hydrogen-bond donors (Lipinski definition) is 0. The zero-order chi connectivity index (χ0) is 14.7. The Morgan fingerprint density at radius 3 is 2.20 bits per heavy atom. The third-order valence-corrected chi connectivity index (χ3v) is 3.05. The Balaban J connectivity index is 0. The fourth-order valence-corrected chi connectivity index (χ4v) is 1.92. The van der Waals surface area contributed by atoms with Gasteiger partial charge in [0.15, 0.2) is 0 Å². The van der Waals surface area contributed by atoms with Crippen LogP contribution in [0.1, 0.15) is 58.8 Å². The third-order valence-electron chi connectivity index (χ3n) is 3.05. The maximum Gasteiger partial charge on any atom is 1.00 e.